The van der Waals surface area contributed by atoms with Crippen molar-refractivity contribution in [2.45, 2.75) is 60.0 Å². The molecule has 0 aromatic carbocycles. The molecule has 6 heteroatoms. The van der Waals surface area contributed by atoms with Crippen LogP contribution < -0.4 is 16.0 Å². The van der Waals surface area contributed by atoms with Crippen LogP contribution in [0, 0.1) is 5.41 Å². The fourth-order valence-corrected chi connectivity index (χ4v) is 2.08. The van der Waals surface area contributed by atoms with Crippen molar-refractivity contribution in [2.75, 3.05) is 13.1 Å². The molecular weight excluding hydrogens is 304 g/mol. The second kappa shape index (κ2) is 10.0. The minimum atomic E-state index is -0.133. The minimum Gasteiger partial charge on any atom is -0.467 e. The first-order chi connectivity index (χ1) is 11.3. The number of nitrogens with zero attached hydrogens (tertiary/aromatic N) is 1. The average molecular weight is 336 g/mol. The number of rotatable bonds is 8. The molecule has 1 atom stereocenters. The Hall–Kier alpha value is -1.98. The van der Waals surface area contributed by atoms with Crippen molar-refractivity contribution < 1.29 is 9.21 Å². The summed E-state index contributed by atoms with van der Waals surface area (Å²) in [5.74, 6) is 1.27. The highest BCUT2D eigenvalue weighted by Crippen LogP contribution is 2.21. The molecule has 0 bridgehead atoms. The number of guanidine groups is 1. The average Bonchev–Trinajstić information content (AvgIpc) is 3.01. The van der Waals surface area contributed by atoms with E-state index in [2.05, 4.69) is 48.6 Å². The molecule has 0 fully saturated rings. The van der Waals surface area contributed by atoms with E-state index in [1.54, 1.807) is 12.3 Å². The van der Waals surface area contributed by atoms with Gasteiger partial charge in [-0.2, -0.15) is 0 Å². The lowest BCUT2D eigenvalue weighted by Crippen LogP contribution is -2.43. The number of furan rings is 1. The van der Waals surface area contributed by atoms with Gasteiger partial charge in [0, 0.05) is 12.6 Å². The molecule has 24 heavy (non-hydrogen) atoms. The number of nitrogens with one attached hydrogen (secondary N) is 3. The summed E-state index contributed by atoms with van der Waals surface area (Å²) in [6.45, 7) is 12.1. The molecule has 1 unspecified atom stereocenters. The van der Waals surface area contributed by atoms with Gasteiger partial charge >= 0.3 is 0 Å². The maximum Gasteiger partial charge on any atom is 0.242 e. The van der Waals surface area contributed by atoms with Crippen molar-refractivity contribution in [3.63, 3.8) is 0 Å². The van der Waals surface area contributed by atoms with E-state index < -0.39 is 0 Å². The Bertz CT molecular complexity index is 504. The molecule has 1 aromatic rings. The topological polar surface area (TPSA) is 78.7 Å². The summed E-state index contributed by atoms with van der Waals surface area (Å²) in [7, 11) is 0. The second-order valence-electron chi connectivity index (χ2n) is 7.20. The normalized spacial score (nSPS) is 13.5. The van der Waals surface area contributed by atoms with E-state index in [9.17, 15) is 4.79 Å². The van der Waals surface area contributed by atoms with Crippen LogP contribution in [0.4, 0.5) is 0 Å². The lowest BCUT2D eigenvalue weighted by Gasteiger charge is -2.23. The van der Waals surface area contributed by atoms with E-state index in [1.807, 2.05) is 13.0 Å². The molecule has 0 radical (unpaired) electrons. The van der Waals surface area contributed by atoms with Crippen molar-refractivity contribution in [1.82, 2.24) is 16.0 Å². The van der Waals surface area contributed by atoms with Crippen LogP contribution in [-0.4, -0.2) is 31.0 Å². The summed E-state index contributed by atoms with van der Waals surface area (Å²) < 4.78 is 5.18. The third-order valence-corrected chi connectivity index (χ3v) is 3.48. The van der Waals surface area contributed by atoms with Gasteiger partial charge in [0.25, 0.3) is 0 Å². The first kappa shape index (κ1) is 20.1. The molecule has 0 aliphatic rings. The fraction of sp³-hybridized carbons (Fsp3) is 0.667. The Morgan fingerprint density at radius 1 is 1.33 bits per heavy atom. The maximum absolute atomic E-state index is 11.9. The smallest absolute Gasteiger partial charge is 0.242 e. The van der Waals surface area contributed by atoms with Crippen LogP contribution >= 0.6 is 0 Å². The van der Waals surface area contributed by atoms with Crippen molar-refractivity contribution in [3.8, 4) is 0 Å². The van der Waals surface area contributed by atoms with Gasteiger partial charge in [0.05, 0.1) is 12.8 Å². The monoisotopic (exact) mass is 336 g/mol. The maximum atomic E-state index is 11.9. The van der Waals surface area contributed by atoms with E-state index in [4.69, 9.17) is 4.42 Å². The van der Waals surface area contributed by atoms with Gasteiger partial charge in [0.1, 0.15) is 12.3 Å². The van der Waals surface area contributed by atoms with E-state index >= 15 is 0 Å². The zero-order chi connectivity index (χ0) is 18.0. The molecule has 1 heterocycles. The third kappa shape index (κ3) is 9.22. The fourth-order valence-electron chi connectivity index (χ4n) is 2.08. The highest BCUT2D eigenvalue weighted by atomic mass is 16.3. The largest absolute Gasteiger partial charge is 0.467 e. The van der Waals surface area contributed by atoms with E-state index in [0.717, 1.165) is 25.1 Å². The lowest BCUT2D eigenvalue weighted by atomic mass is 9.89. The molecule has 1 rings (SSSR count). The van der Waals surface area contributed by atoms with Crippen LogP contribution in [0.3, 0.4) is 0 Å². The minimum absolute atomic E-state index is 0.0853. The van der Waals surface area contributed by atoms with E-state index in [0.29, 0.717) is 24.0 Å². The van der Waals surface area contributed by atoms with Gasteiger partial charge in [0.2, 0.25) is 5.91 Å². The predicted molar refractivity (Wildman–Crippen MR) is 97.8 cm³/mol. The molecule has 0 aliphatic heterocycles. The molecule has 1 aromatic heterocycles. The van der Waals surface area contributed by atoms with Gasteiger partial charge in [-0.15, -0.1) is 0 Å². The van der Waals surface area contributed by atoms with Gasteiger partial charge < -0.3 is 20.4 Å². The molecule has 0 saturated carbocycles. The number of hydrogen-bond acceptors (Lipinski definition) is 3. The van der Waals surface area contributed by atoms with Crippen molar-refractivity contribution in [1.29, 1.82) is 0 Å². The molecule has 0 saturated heterocycles. The highest BCUT2D eigenvalue weighted by Gasteiger charge is 2.13. The van der Waals surface area contributed by atoms with Crippen LogP contribution in [0.2, 0.25) is 0 Å². The van der Waals surface area contributed by atoms with Gasteiger partial charge in [-0.25, -0.2) is 4.99 Å². The number of amides is 1. The Balaban J connectivity index is 2.41. The zero-order valence-corrected chi connectivity index (χ0v) is 15.6. The van der Waals surface area contributed by atoms with E-state index in [-0.39, 0.29) is 12.5 Å². The molecule has 0 aliphatic carbocycles. The van der Waals surface area contributed by atoms with Gasteiger partial charge in [-0.05, 0) is 44.2 Å². The molecule has 1 amide bonds. The summed E-state index contributed by atoms with van der Waals surface area (Å²) in [5, 5.41) is 9.32. The number of hydrogen-bond donors (Lipinski definition) is 3. The third-order valence-electron chi connectivity index (χ3n) is 3.48. The molecule has 136 valence electrons. The van der Waals surface area contributed by atoms with E-state index in [1.165, 1.54) is 0 Å². The Labute approximate surface area is 145 Å². The number of carbonyl (C=O) groups excluding carboxylic acids is 1. The molecular formula is C18H32N4O2. The van der Waals surface area contributed by atoms with Crippen LogP contribution in [0.5, 0.6) is 0 Å². The lowest BCUT2D eigenvalue weighted by molar-refractivity contribution is -0.119. The quantitative estimate of drug-likeness (QED) is 0.504. The Morgan fingerprint density at radius 2 is 2.08 bits per heavy atom. The first-order valence-corrected chi connectivity index (χ1v) is 8.64. The van der Waals surface area contributed by atoms with Gasteiger partial charge in [-0.1, -0.05) is 20.8 Å². The standard InChI is InChI=1S/C18H32N4O2/c1-6-19-17(22-14(2)9-10-18(3,4)5)21-13-16(23)20-12-15-8-7-11-24-15/h7-8,11,14H,6,9-10,12-13H2,1-5H3,(H,20,23)(H2,19,21,22). The summed E-state index contributed by atoms with van der Waals surface area (Å²) in [6.07, 6.45) is 3.77. The van der Waals surface area contributed by atoms with Gasteiger partial charge in [0.15, 0.2) is 5.96 Å². The molecule has 3 N–H and O–H groups in total. The Kier molecular flexibility index (Phi) is 8.36. The van der Waals surface area contributed by atoms with Crippen molar-refractivity contribution >= 4 is 11.9 Å². The highest BCUT2D eigenvalue weighted by molar-refractivity contribution is 5.85. The number of carbonyl (C=O) groups is 1. The van der Waals surface area contributed by atoms with Crippen LogP contribution in [0.15, 0.2) is 27.8 Å². The van der Waals surface area contributed by atoms with Crippen molar-refractivity contribution in [2.24, 2.45) is 10.4 Å². The summed E-state index contributed by atoms with van der Waals surface area (Å²) in [4.78, 5) is 16.2. The Morgan fingerprint density at radius 3 is 2.67 bits per heavy atom. The zero-order valence-electron chi connectivity index (χ0n) is 15.6. The summed E-state index contributed by atoms with van der Waals surface area (Å²) >= 11 is 0. The summed E-state index contributed by atoms with van der Waals surface area (Å²) in [5.41, 5.74) is 0.317. The van der Waals surface area contributed by atoms with Crippen molar-refractivity contribution in [3.05, 3.63) is 24.2 Å². The second-order valence-corrected chi connectivity index (χ2v) is 7.20. The molecule has 0 spiro atoms. The van der Waals surface area contributed by atoms with Gasteiger partial charge in [-0.3, -0.25) is 4.79 Å². The van der Waals surface area contributed by atoms with Crippen LogP contribution in [0.1, 0.15) is 53.2 Å². The predicted octanol–water partition coefficient (Wildman–Crippen LogP) is 2.67. The summed E-state index contributed by atoms with van der Waals surface area (Å²) in [6, 6.07) is 3.92. The van der Waals surface area contributed by atoms with Crippen LogP contribution in [-0.2, 0) is 11.3 Å². The first-order valence-electron chi connectivity index (χ1n) is 8.64. The molecule has 6 nitrogen and oxygen atoms in total. The number of aliphatic imine (C=N–C) groups is 1. The SMILES string of the molecule is CCNC(=NCC(=O)NCc1ccco1)NC(C)CCC(C)(C)C. The van der Waals surface area contributed by atoms with Crippen LogP contribution in [0.25, 0.3) is 0 Å².